The first-order valence-corrected chi connectivity index (χ1v) is 34.6. The van der Waals surface area contributed by atoms with Crippen LogP contribution < -0.4 is 16.0 Å². The van der Waals surface area contributed by atoms with Gasteiger partial charge in [-0.2, -0.15) is 13.2 Å². The van der Waals surface area contributed by atoms with E-state index in [-0.39, 0.29) is 36.5 Å². The fourth-order valence-corrected chi connectivity index (χ4v) is 12.2. The molecule has 9 aromatic carbocycles. The summed E-state index contributed by atoms with van der Waals surface area (Å²) in [5, 5.41) is 9.53. The van der Waals surface area contributed by atoms with Crippen molar-refractivity contribution in [2.24, 2.45) is 0 Å². The summed E-state index contributed by atoms with van der Waals surface area (Å²) in [5.74, 6) is -1.68. The molecule has 0 atom stereocenters. The SMILES string of the molecule is CS(=O)(=O)c1ccc(C(=O)Nc2ccc(Cl)c(-c3cnc4ccccc4n3)c2)c(Cl)c1.CS(=O)(=O)c1ccc(Cl)c(C(=O)Nc2ccc(Cl)c(-c3cnc4ccccc4n3)c2)c1.O=C(Nc1ccc(Cl)c(-c2cnc3ccccc3n2)c1)c1ccc(S(=O)(=O)C(F)(F)F)cc1. The summed E-state index contributed by atoms with van der Waals surface area (Å²) in [6, 6.07) is 48.2. The van der Waals surface area contributed by atoms with Crippen LogP contribution in [0.2, 0.25) is 25.1 Å². The second-order valence-corrected chi connectivity index (χ2v) is 28.5. The summed E-state index contributed by atoms with van der Waals surface area (Å²) in [6.45, 7) is 0. The summed E-state index contributed by atoms with van der Waals surface area (Å²) in [7, 11) is -12.4. The Hall–Kier alpha value is -9.50. The standard InChI is InChI=1S/2C22H15Cl2N3O3S.C22H13ClF3N3O3S/c1-31(29,30)14-7-8-15(18(24)11-14)22(28)26-13-6-9-17(23)16(10-13)21-12-25-19-4-2-3-5-20(19)27-21;1-31(29,30)14-7-9-18(24)16(11-14)22(28)26-13-6-8-17(23)15(10-13)21-12-25-19-4-2-3-5-20(19)27-21;23-17-10-7-14(11-16(17)20-12-27-18-3-1-2-4-19(18)29-20)28-21(30)13-5-8-15(9-6-13)33(31,32)22(24,25)26/h2*2-12H,1H3,(H,26,28);1-12H,(H,28,30). The van der Waals surface area contributed by atoms with Crippen LogP contribution in [-0.4, -0.2) is 90.9 Å². The molecule has 0 aliphatic heterocycles. The van der Waals surface area contributed by atoms with Gasteiger partial charge in [0.1, 0.15) is 0 Å². The van der Waals surface area contributed by atoms with Crippen LogP contribution in [0.5, 0.6) is 0 Å². The average Bonchev–Trinajstić information content (AvgIpc) is 0.846. The maximum Gasteiger partial charge on any atom is 0.501 e. The smallest absolute Gasteiger partial charge is 0.322 e. The minimum Gasteiger partial charge on any atom is -0.322 e. The van der Waals surface area contributed by atoms with Gasteiger partial charge in [-0.3, -0.25) is 29.3 Å². The van der Waals surface area contributed by atoms with Crippen molar-refractivity contribution < 1.29 is 52.8 Å². The molecule has 0 unspecified atom stereocenters. The number of alkyl halides is 3. The van der Waals surface area contributed by atoms with E-state index in [4.69, 9.17) is 58.0 Å². The van der Waals surface area contributed by atoms with Gasteiger partial charge in [0.05, 0.1) is 120 Å². The van der Waals surface area contributed by atoms with Gasteiger partial charge in [-0.25, -0.2) is 40.2 Å². The van der Waals surface area contributed by atoms with Crippen molar-refractivity contribution >= 4 is 155 Å². The van der Waals surface area contributed by atoms with Crippen molar-refractivity contribution in [3.05, 3.63) is 248 Å². The molecule has 12 aromatic rings. The van der Waals surface area contributed by atoms with Crippen LogP contribution >= 0.6 is 58.0 Å². The van der Waals surface area contributed by atoms with Crippen molar-refractivity contribution in [1.29, 1.82) is 0 Å². The Morgan fingerprint density at radius 2 is 0.705 bits per heavy atom. The quantitative estimate of drug-likeness (QED) is 0.103. The second kappa shape index (κ2) is 28.2. The number of carbonyl (C=O) groups excluding carboxylic acids is 3. The van der Waals surface area contributed by atoms with Crippen molar-refractivity contribution in [3.63, 3.8) is 0 Å². The number of sulfone groups is 3. The molecule has 0 bridgehead atoms. The van der Waals surface area contributed by atoms with Gasteiger partial charge < -0.3 is 16.0 Å². The summed E-state index contributed by atoms with van der Waals surface area (Å²) < 4.78 is 108. The number of benzene rings is 9. The number of amides is 3. The van der Waals surface area contributed by atoms with E-state index in [1.165, 1.54) is 36.4 Å². The Morgan fingerprint density at radius 3 is 1.08 bits per heavy atom. The highest BCUT2D eigenvalue weighted by Gasteiger charge is 2.46. The Balaban J connectivity index is 0.000000155. The van der Waals surface area contributed by atoms with Crippen LogP contribution in [0.3, 0.4) is 0 Å². The minimum atomic E-state index is -5.49. The molecule has 29 heteroatoms. The highest BCUT2D eigenvalue weighted by molar-refractivity contribution is 7.92. The highest BCUT2D eigenvalue weighted by Crippen LogP contribution is 2.35. The van der Waals surface area contributed by atoms with Gasteiger partial charge in [-0.1, -0.05) is 94.4 Å². The number of nitrogens with zero attached hydrogens (tertiary/aromatic N) is 6. The van der Waals surface area contributed by atoms with Crippen molar-refractivity contribution in [3.8, 4) is 33.8 Å². The molecule has 18 nitrogen and oxygen atoms in total. The van der Waals surface area contributed by atoms with E-state index in [1.807, 2.05) is 66.7 Å². The largest absolute Gasteiger partial charge is 0.501 e. The molecule has 0 aliphatic rings. The number of para-hydroxylation sites is 6. The van der Waals surface area contributed by atoms with Crippen molar-refractivity contribution in [2.45, 2.75) is 20.2 Å². The number of carbonyl (C=O) groups is 3. The molecule has 3 amide bonds. The molecule has 0 spiro atoms. The number of nitrogens with one attached hydrogen (secondary N) is 3. The van der Waals surface area contributed by atoms with Gasteiger partial charge in [0.2, 0.25) is 0 Å². The van der Waals surface area contributed by atoms with E-state index in [9.17, 15) is 52.8 Å². The number of aromatic nitrogens is 6. The van der Waals surface area contributed by atoms with Gasteiger partial charge >= 0.3 is 5.51 Å². The third-order valence-corrected chi connectivity index (χ3v) is 19.2. The fraction of sp³-hybridized carbons (Fsp3) is 0.0455. The first-order chi connectivity index (χ1) is 45.0. The first kappa shape index (κ1) is 68.4. The summed E-state index contributed by atoms with van der Waals surface area (Å²) in [4.78, 5) is 64.0. The average molecular weight is 1440 g/mol. The number of fused-ring (bicyclic) bond motifs is 3. The molecule has 0 fully saturated rings. The molecule has 12 rings (SSSR count). The monoisotopic (exact) mass is 1430 g/mol. The molecule has 3 N–H and O–H groups in total. The maximum absolute atomic E-state index is 12.8. The molecule has 3 heterocycles. The summed E-state index contributed by atoms with van der Waals surface area (Å²) in [6.07, 6.45) is 6.92. The molecule has 95 heavy (non-hydrogen) atoms. The van der Waals surface area contributed by atoms with Crippen LogP contribution in [0.1, 0.15) is 31.1 Å². The predicted octanol–water partition coefficient (Wildman–Crippen LogP) is 16.0. The van der Waals surface area contributed by atoms with E-state index < -0.39 is 57.6 Å². The van der Waals surface area contributed by atoms with Crippen LogP contribution in [0.15, 0.2) is 221 Å². The zero-order valence-electron chi connectivity index (χ0n) is 48.7. The van der Waals surface area contributed by atoms with Gasteiger partial charge in [-0.15, -0.1) is 0 Å². The number of halogens is 8. The zero-order chi connectivity index (χ0) is 68.1. The lowest BCUT2D eigenvalue weighted by Crippen LogP contribution is -2.23. The molecule has 0 aliphatic carbocycles. The molecule has 3 aromatic heterocycles. The Morgan fingerprint density at radius 1 is 0.368 bits per heavy atom. The van der Waals surface area contributed by atoms with E-state index in [2.05, 4.69) is 45.9 Å². The van der Waals surface area contributed by atoms with Crippen molar-refractivity contribution in [2.75, 3.05) is 28.5 Å². The van der Waals surface area contributed by atoms with Gasteiger partial charge in [0.15, 0.2) is 19.7 Å². The van der Waals surface area contributed by atoms with E-state index >= 15 is 0 Å². The summed E-state index contributed by atoms with van der Waals surface area (Å²) >= 11 is 31.3. The summed E-state index contributed by atoms with van der Waals surface area (Å²) in [5.41, 5.74) is 3.65. The number of rotatable bonds is 12. The molecular formula is C66H43Cl5F3N9O9S3. The molecule has 480 valence electrons. The topological polar surface area (TPSA) is 267 Å². The Kier molecular flexibility index (Phi) is 20.3. The lowest BCUT2D eigenvalue weighted by Gasteiger charge is -2.11. The fourth-order valence-electron chi connectivity index (χ4n) is 9.00. The Labute approximate surface area is 564 Å². The maximum atomic E-state index is 12.8. The third kappa shape index (κ3) is 16.2. The number of hydrogen-bond acceptors (Lipinski definition) is 15. The lowest BCUT2D eigenvalue weighted by molar-refractivity contribution is -0.0436. The molecule has 0 radical (unpaired) electrons. The van der Waals surface area contributed by atoms with E-state index in [1.54, 1.807) is 79.3 Å². The molecule has 0 saturated heterocycles. The predicted molar refractivity (Wildman–Crippen MR) is 363 cm³/mol. The van der Waals surface area contributed by atoms with Gasteiger partial charge in [-0.05, 0) is 152 Å². The van der Waals surface area contributed by atoms with Gasteiger partial charge in [0.25, 0.3) is 27.6 Å². The normalized spacial score (nSPS) is 11.6. The molecule has 0 saturated carbocycles. The van der Waals surface area contributed by atoms with Crippen LogP contribution in [-0.2, 0) is 29.5 Å². The first-order valence-electron chi connectivity index (χ1n) is 27.4. The van der Waals surface area contributed by atoms with Crippen LogP contribution in [0.4, 0.5) is 30.2 Å². The van der Waals surface area contributed by atoms with E-state index in [0.717, 1.165) is 58.8 Å². The lowest BCUT2D eigenvalue weighted by atomic mass is 10.1. The van der Waals surface area contributed by atoms with Crippen LogP contribution in [0, 0.1) is 0 Å². The second-order valence-electron chi connectivity index (χ2n) is 20.5. The van der Waals surface area contributed by atoms with Gasteiger partial charge in [0, 0.05) is 51.8 Å². The Bertz CT molecular complexity index is 5410. The number of hydrogen-bond donors (Lipinski definition) is 3. The van der Waals surface area contributed by atoms with Crippen molar-refractivity contribution in [1.82, 2.24) is 29.9 Å². The third-order valence-electron chi connectivity index (χ3n) is 13.8. The number of anilines is 3. The zero-order valence-corrected chi connectivity index (χ0v) is 55.0. The van der Waals surface area contributed by atoms with Crippen LogP contribution in [0.25, 0.3) is 66.9 Å². The minimum absolute atomic E-state index is 0.00489. The highest BCUT2D eigenvalue weighted by atomic mass is 35.5. The molecular weight excluding hydrogens is 1390 g/mol. The van der Waals surface area contributed by atoms with E-state index in [0.29, 0.717) is 76.9 Å².